The topological polar surface area (TPSA) is 86.5 Å². The molecule has 2 aromatic heterocycles. The van der Waals surface area contributed by atoms with Crippen LogP contribution in [0.1, 0.15) is 24.7 Å². The number of anilines is 1. The number of hydrogen-bond acceptors (Lipinski definition) is 6. The average Bonchev–Trinajstić information content (AvgIpc) is 3.09. The van der Waals surface area contributed by atoms with Gasteiger partial charge in [-0.15, -0.1) is 24.0 Å². The molecule has 3 rings (SSSR count). The molecule has 2 aromatic rings. The maximum Gasteiger partial charge on any atom is 0.225 e. The van der Waals surface area contributed by atoms with Crippen LogP contribution in [0.15, 0.2) is 29.5 Å². The van der Waals surface area contributed by atoms with E-state index in [1.165, 1.54) is 5.69 Å². The van der Waals surface area contributed by atoms with Crippen molar-refractivity contribution in [2.75, 3.05) is 57.3 Å². The predicted molar refractivity (Wildman–Crippen MR) is 136 cm³/mol. The van der Waals surface area contributed by atoms with E-state index in [4.69, 9.17) is 4.99 Å². The molecule has 1 aliphatic rings. The summed E-state index contributed by atoms with van der Waals surface area (Å²) in [6.07, 6.45) is 4.58. The number of nitrogens with zero attached hydrogens (tertiary/aromatic N) is 7. The van der Waals surface area contributed by atoms with E-state index in [9.17, 15) is 0 Å². The first-order valence-corrected chi connectivity index (χ1v) is 10.9. The van der Waals surface area contributed by atoms with Crippen molar-refractivity contribution in [3.8, 4) is 0 Å². The van der Waals surface area contributed by atoms with E-state index >= 15 is 0 Å². The summed E-state index contributed by atoms with van der Waals surface area (Å²) in [5.74, 6) is 1.72. The number of halogens is 1. The minimum Gasteiger partial charge on any atom is -0.357 e. The number of guanidine groups is 1. The fourth-order valence-electron chi connectivity index (χ4n) is 3.61. The molecule has 0 unspecified atom stereocenters. The minimum atomic E-state index is 0. The van der Waals surface area contributed by atoms with Crippen molar-refractivity contribution in [1.29, 1.82) is 0 Å². The molecule has 0 aromatic carbocycles. The molecular formula is C21H36IN9. The molecule has 1 saturated heterocycles. The molecule has 0 aliphatic carbocycles. The van der Waals surface area contributed by atoms with Crippen molar-refractivity contribution in [2.45, 2.75) is 33.7 Å². The summed E-state index contributed by atoms with van der Waals surface area (Å²) in [6, 6.07) is 3.97. The third kappa shape index (κ3) is 8.24. The number of rotatable bonds is 9. The Bertz CT molecular complexity index is 785. The Labute approximate surface area is 202 Å². The molecule has 0 spiro atoms. The number of hydrogen-bond donors (Lipinski definition) is 2. The largest absolute Gasteiger partial charge is 0.357 e. The van der Waals surface area contributed by atoms with Gasteiger partial charge in [0.1, 0.15) is 0 Å². The molecule has 0 bridgehead atoms. The first kappa shape index (κ1) is 25.3. The van der Waals surface area contributed by atoms with Gasteiger partial charge in [-0.2, -0.15) is 5.10 Å². The molecule has 0 saturated carbocycles. The molecular weight excluding hydrogens is 505 g/mol. The Morgan fingerprint density at radius 1 is 1.06 bits per heavy atom. The first-order valence-electron chi connectivity index (χ1n) is 10.9. The third-order valence-electron chi connectivity index (χ3n) is 5.17. The van der Waals surface area contributed by atoms with Gasteiger partial charge in [-0.25, -0.2) is 9.97 Å². The Balaban J connectivity index is 0.00000341. The van der Waals surface area contributed by atoms with Crippen LogP contribution in [0.4, 0.5) is 5.95 Å². The van der Waals surface area contributed by atoms with Gasteiger partial charge in [-0.05, 0) is 39.3 Å². The van der Waals surface area contributed by atoms with Crippen LogP contribution in [0.2, 0.25) is 0 Å². The molecule has 0 radical (unpaired) electrons. The van der Waals surface area contributed by atoms with Crippen molar-refractivity contribution < 1.29 is 0 Å². The quantitative estimate of drug-likeness (QED) is 0.216. The molecule has 1 fully saturated rings. The highest BCUT2D eigenvalue weighted by Crippen LogP contribution is 2.09. The van der Waals surface area contributed by atoms with Crippen LogP contribution < -0.4 is 15.5 Å². The smallest absolute Gasteiger partial charge is 0.225 e. The van der Waals surface area contributed by atoms with Crippen molar-refractivity contribution in [3.63, 3.8) is 0 Å². The molecule has 1 aliphatic heterocycles. The highest BCUT2D eigenvalue weighted by molar-refractivity contribution is 14.0. The minimum absolute atomic E-state index is 0. The van der Waals surface area contributed by atoms with E-state index in [-0.39, 0.29) is 24.0 Å². The number of aliphatic imine (C=N–C) groups is 1. The molecule has 0 atom stereocenters. The molecule has 10 heteroatoms. The lowest BCUT2D eigenvalue weighted by molar-refractivity contribution is 0.260. The molecule has 31 heavy (non-hydrogen) atoms. The van der Waals surface area contributed by atoms with Gasteiger partial charge in [0.25, 0.3) is 0 Å². The van der Waals surface area contributed by atoms with Crippen molar-refractivity contribution in [3.05, 3.63) is 35.9 Å². The average molecular weight is 541 g/mol. The summed E-state index contributed by atoms with van der Waals surface area (Å²) in [4.78, 5) is 18.1. The Kier molecular flexibility index (Phi) is 11.0. The fraction of sp³-hybridized carbons (Fsp3) is 0.619. The van der Waals surface area contributed by atoms with Crippen LogP contribution in [0.25, 0.3) is 0 Å². The van der Waals surface area contributed by atoms with Gasteiger partial charge in [0.15, 0.2) is 5.96 Å². The van der Waals surface area contributed by atoms with Gasteiger partial charge in [-0.3, -0.25) is 14.6 Å². The SMILES string of the molecule is CCNC(=NCCCn1nc(C)cc1C)NCCN1CCN(c2ncccn2)CC1.I. The maximum atomic E-state index is 4.71. The van der Waals surface area contributed by atoms with Gasteiger partial charge in [0.05, 0.1) is 5.69 Å². The fourth-order valence-corrected chi connectivity index (χ4v) is 3.61. The second kappa shape index (κ2) is 13.5. The van der Waals surface area contributed by atoms with Crippen molar-refractivity contribution in [2.24, 2.45) is 4.99 Å². The van der Waals surface area contributed by atoms with Gasteiger partial charge in [0, 0.05) is 77.0 Å². The van der Waals surface area contributed by atoms with E-state index in [1.807, 2.05) is 13.0 Å². The lowest BCUT2D eigenvalue weighted by Crippen LogP contribution is -2.49. The molecule has 2 N–H and O–H groups in total. The predicted octanol–water partition coefficient (Wildman–Crippen LogP) is 1.68. The third-order valence-corrected chi connectivity index (χ3v) is 5.17. The number of nitrogens with one attached hydrogen (secondary N) is 2. The monoisotopic (exact) mass is 541 g/mol. The highest BCUT2D eigenvalue weighted by atomic mass is 127. The van der Waals surface area contributed by atoms with Gasteiger partial charge in [-0.1, -0.05) is 0 Å². The van der Waals surface area contributed by atoms with Crippen LogP contribution in [0.5, 0.6) is 0 Å². The molecule has 3 heterocycles. The summed E-state index contributed by atoms with van der Waals surface area (Å²) < 4.78 is 2.06. The van der Waals surface area contributed by atoms with E-state index in [0.29, 0.717) is 0 Å². The highest BCUT2D eigenvalue weighted by Gasteiger charge is 2.18. The Morgan fingerprint density at radius 2 is 1.81 bits per heavy atom. The summed E-state index contributed by atoms with van der Waals surface area (Å²) in [5, 5.41) is 11.3. The van der Waals surface area contributed by atoms with E-state index in [2.05, 4.69) is 60.1 Å². The lowest BCUT2D eigenvalue weighted by atomic mass is 10.3. The number of aromatic nitrogens is 4. The van der Waals surface area contributed by atoms with Gasteiger partial charge >= 0.3 is 0 Å². The summed E-state index contributed by atoms with van der Waals surface area (Å²) in [6.45, 7) is 14.6. The van der Waals surface area contributed by atoms with Crippen LogP contribution >= 0.6 is 24.0 Å². The Morgan fingerprint density at radius 3 is 2.45 bits per heavy atom. The second-order valence-corrected chi connectivity index (χ2v) is 7.57. The second-order valence-electron chi connectivity index (χ2n) is 7.57. The molecule has 0 amide bonds. The zero-order valence-electron chi connectivity index (χ0n) is 18.9. The zero-order chi connectivity index (χ0) is 21.2. The van der Waals surface area contributed by atoms with Gasteiger partial charge < -0.3 is 15.5 Å². The summed E-state index contributed by atoms with van der Waals surface area (Å²) in [7, 11) is 0. The van der Waals surface area contributed by atoms with Crippen molar-refractivity contribution >= 4 is 35.9 Å². The first-order chi connectivity index (χ1) is 14.7. The maximum absolute atomic E-state index is 4.71. The van der Waals surface area contributed by atoms with Crippen LogP contribution in [0, 0.1) is 13.8 Å². The van der Waals surface area contributed by atoms with Gasteiger partial charge in [0.2, 0.25) is 5.95 Å². The number of aryl methyl sites for hydroxylation is 3. The zero-order valence-corrected chi connectivity index (χ0v) is 21.2. The normalized spacial score (nSPS) is 14.9. The standard InChI is InChI=1S/C21H35N9.HI/c1-4-22-20(23-9-6-11-30-19(3)17-18(2)27-30)24-10-12-28-13-15-29(16-14-28)21-25-7-5-8-26-21;/h5,7-8,17H,4,6,9-16H2,1-3H3,(H2,22,23,24);1H. The van der Waals surface area contributed by atoms with Crippen LogP contribution in [-0.4, -0.2) is 83.0 Å². The lowest BCUT2D eigenvalue weighted by Gasteiger charge is -2.34. The van der Waals surface area contributed by atoms with E-state index in [0.717, 1.165) is 82.9 Å². The Hall–Kier alpha value is -1.95. The van der Waals surface area contributed by atoms with E-state index in [1.54, 1.807) is 12.4 Å². The van der Waals surface area contributed by atoms with E-state index < -0.39 is 0 Å². The van der Waals surface area contributed by atoms with Crippen molar-refractivity contribution in [1.82, 2.24) is 35.3 Å². The molecule has 9 nitrogen and oxygen atoms in total. The summed E-state index contributed by atoms with van der Waals surface area (Å²) >= 11 is 0. The van der Waals surface area contributed by atoms with Crippen LogP contribution in [-0.2, 0) is 6.54 Å². The van der Waals surface area contributed by atoms with Crippen LogP contribution in [0.3, 0.4) is 0 Å². The molecule has 172 valence electrons. The number of piperazine rings is 1. The summed E-state index contributed by atoms with van der Waals surface area (Å²) in [5.41, 5.74) is 2.28.